The maximum absolute atomic E-state index is 11.6. The van der Waals surface area contributed by atoms with Gasteiger partial charge >= 0.3 is 5.97 Å². The van der Waals surface area contributed by atoms with Gasteiger partial charge in [0.15, 0.2) is 0 Å². The van der Waals surface area contributed by atoms with Crippen LogP contribution in [0.2, 0.25) is 0 Å². The Morgan fingerprint density at radius 3 is 2.60 bits per heavy atom. The van der Waals surface area contributed by atoms with E-state index in [1.807, 2.05) is 0 Å². The number of ether oxygens (including phenoxy) is 1. The SMILES string of the molecule is CCOC(=O)CCCC(=O)Nc1ccc(C(N)=O)cn1. The predicted octanol–water partition coefficient (Wildman–Crippen LogP) is 0.852. The van der Waals surface area contributed by atoms with Crippen molar-refractivity contribution < 1.29 is 19.1 Å². The summed E-state index contributed by atoms with van der Waals surface area (Å²) in [6, 6.07) is 2.97. The van der Waals surface area contributed by atoms with E-state index in [2.05, 4.69) is 10.3 Å². The van der Waals surface area contributed by atoms with Crippen molar-refractivity contribution in [2.24, 2.45) is 5.73 Å². The highest BCUT2D eigenvalue weighted by Gasteiger charge is 2.07. The second kappa shape index (κ2) is 7.88. The number of hydrogen-bond acceptors (Lipinski definition) is 5. The first-order chi connectivity index (χ1) is 9.52. The molecule has 0 radical (unpaired) electrons. The lowest BCUT2D eigenvalue weighted by Gasteiger charge is -2.05. The average Bonchev–Trinajstić information content (AvgIpc) is 2.39. The molecule has 0 saturated carbocycles. The number of carbonyl (C=O) groups is 3. The summed E-state index contributed by atoms with van der Waals surface area (Å²) in [5, 5.41) is 2.56. The zero-order valence-corrected chi connectivity index (χ0v) is 11.2. The Hall–Kier alpha value is -2.44. The lowest BCUT2D eigenvalue weighted by atomic mass is 10.2. The fourth-order valence-electron chi connectivity index (χ4n) is 1.45. The highest BCUT2D eigenvalue weighted by molar-refractivity contribution is 5.93. The molecule has 1 rings (SSSR count). The maximum Gasteiger partial charge on any atom is 0.305 e. The summed E-state index contributed by atoms with van der Waals surface area (Å²) in [7, 11) is 0. The number of nitrogens with two attached hydrogens (primary N) is 1. The monoisotopic (exact) mass is 279 g/mol. The number of aromatic nitrogens is 1. The van der Waals surface area contributed by atoms with E-state index >= 15 is 0 Å². The molecular formula is C13H17N3O4. The minimum absolute atomic E-state index is 0.193. The van der Waals surface area contributed by atoms with Gasteiger partial charge in [-0.05, 0) is 25.5 Å². The minimum atomic E-state index is -0.579. The fourth-order valence-corrected chi connectivity index (χ4v) is 1.45. The Balaban J connectivity index is 2.35. The second-order valence-electron chi connectivity index (χ2n) is 4.00. The lowest BCUT2D eigenvalue weighted by molar-refractivity contribution is -0.143. The highest BCUT2D eigenvalue weighted by Crippen LogP contribution is 2.06. The predicted molar refractivity (Wildman–Crippen MR) is 71.9 cm³/mol. The van der Waals surface area contributed by atoms with Gasteiger partial charge in [0, 0.05) is 19.0 Å². The van der Waals surface area contributed by atoms with Gasteiger partial charge in [0.2, 0.25) is 11.8 Å². The molecule has 3 N–H and O–H groups in total. The molecule has 108 valence electrons. The van der Waals surface area contributed by atoms with E-state index in [0.29, 0.717) is 18.8 Å². The lowest BCUT2D eigenvalue weighted by Crippen LogP contribution is -2.15. The number of amides is 2. The highest BCUT2D eigenvalue weighted by atomic mass is 16.5. The van der Waals surface area contributed by atoms with Gasteiger partial charge in [-0.25, -0.2) is 4.98 Å². The minimum Gasteiger partial charge on any atom is -0.466 e. The number of anilines is 1. The van der Waals surface area contributed by atoms with Crippen molar-refractivity contribution in [3.63, 3.8) is 0 Å². The Morgan fingerprint density at radius 1 is 1.30 bits per heavy atom. The largest absolute Gasteiger partial charge is 0.466 e. The summed E-state index contributed by atoms with van der Waals surface area (Å²) in [4.78, 5) is 37.4. The zero-order valence-electron chi connectivity index (χ0n) is 11.2. The Kier molecular flexibility index (Phi) is 6.15. The summed E-state index contributed by atoms with van der Waals surface area (Å²) in [5.74, 6) is -0.821. The quantitative estimate of drug-likeness (QED) is 0.719. The molecule has 0 saturated heterocycles. The zero-order chi connectivity index (χ0) is 15.0. The van der Waals surface area contributed by atoms with Crippen molar-refractivity contribution in [1.29, 1.82) is 0 Å². The molecule has 7 nitrogen and oxygen atoms in total. The number of primary amides is 1. The summed E-state index contributed by atoms with van der Waals surface area (Å²) in [6.07, 6.45) is 2.09. The van der Waals surface area contributed by atoms with Crippen molar-refractivity contribution in [2.45, 2.75) is 26.2 Å². The van der Waals surface area contributed by atoms with Crippen LogP contribution in [-0.2, 0) is 14.3 Å². The first-order valence-corrected chi connectivity index (χ1v) is 6.24. The summed E-state index contributed by atoms with van der Waals surface area (Å²) >= 11 is 0. The normalized spacial score (nSPS) is 9.85. The molecule has 0 aliphatic rings. The Bertz CT molecular complexity index is 485. The molecule has 2 amide bonds. The van der Waals surface area contributed by atoms with Crippen molar-refractivity contribution >= 4 is 23.6 Å². The standard InChI is InChI=1S/C13H17N3O4/c1-2-20-12(18)5-3-4-11(17)16-10-7-6-9(8-15-10)13(14)19/h6-8H,2-5H2,1H3,(H2,14,19)(H,15,16,17). The van der Waals surface area contributed by atoms with Crippen LogP contribution in [-0.4, -0.2) is 29.4 Å². The molecular weight excluding hydrogens is 262 g/mol. The summed E-state index contributed by atoms with van der Waals surface area (Å²) < 4.78 is 4.75. The average molecular weight is 279 g/mol. The van der Waals surface area contributed by atoms with E-state index in [-0.39, 0.29) is 30.3 Å². The third-order valence-corrected chi connectivity index (χ3v) is 2.41. The molecule has 0 spiro atoms. The molecule has 0 fully saturated rings. The molecule has 0 aromatic carbocycles. The van der Waals surface area contributed by atoms with Crippen LogP contribution in [0.15, 0.2) is 18.3 Å². The molecule has 7 heteroatoms. The molecule has 1 aromatic rings. The van der Waals surface area contributed by atoms with Gasteiger partial charge < -0.3 is 15.8 Å². The number of hydrogen-bond donors (Lipinski definition) is 2. The third kappa shape index (κ3) is 5.47. The van der Waals surface area contributed by atoms with Gasteiger partial charge in [-0.2, -0.15) is 0 Å². The fraction of sp³-hybridized carbons (Fsp3) is 0.385. The van der Waals surface area contributed by atoms with Crippen molar-refractivity contribution in [2.75, 3.05) is 11.9 Å². The van der Waals surface area contributed by atoms with Crippen LogP contribution in [0.5, 0.6) is 0 Å². The molecule has 0 aliphatic heterocycles. The van der Waals surface area contributed by atoms with E-state index in [1.54, 1.807) is 6.92 Å². The molecule has 1 heterocycles. The molecule has 20 heavy (non-hydrogen) atoms. The molecule has 0 bridgehead atoms. The van der Waals surface area contributed by atoms with Gasteiger partial charge in [-0.3, -0.25) is 14.4 Å². The van der Waals surface area contributed by atoms with E-state index < -0.39 is 5.91 Å². The summed E-state index contributed by atoms with van der Waals surface area (Å²) in [5.41, 5.74) is 5.34. The van der Waals surface area contributed by atoms with Gasteiger partial charge in [0.1, 0.15) is 5.82 Å². The van der Waals surface area contributed by atoms with Crippen LogP contribution < -0.4 is 11.1 Å². The van der Waals surface area contributed by atoms with Crippen molar-refractivity contribution in [1.82, 2.24) is 4.98 Å². The number of rotatable bonds is 7. The Morgan fingerprint density at radius 2 is 2.05 bits per heavy atom. The second-order valence-corrected chi connectivity index (χ2v) is 4.00. The maximum atomic E-state index is 11.6. The van der Waals surface area contributed by atoms with Crippen LogP contribution >= 0.6 is 0 Å². The van der Waals surface area contributed by atoms with Crippen LogP contribution in [0.25, 0.3) is 0 Å². The van der Waals surface area contributed by atoms with Gasteiger partial charge in [-0.15, -0.1) is 0 Å². The van der Waals surface area contributed by atoms with E-state index in [1.165, 1.54) is 18.3 Å². The van der Waals surface area contributed by atoms with E-state index in [0.717, 1.165) is 0 Å². The topological polar surface area (TPSA) is 111 Å². The van der Waals surface area contributed by atoms with E-state index in [4.69, 9.17) is 10.5 Å². The Labute approximate surface area is 116 Å². The number of esters is 1. The number of pyridine rings is 1. The third-order valence-electron chi connectivity index (χ3n) is 2.41. The first-order valence-electron chi connectivity index (χ1n) is 6.24. The van der Waals surface area contributed by atoms with Crippen LogP contribution in [0.4, 0.5) is 5.82 Å². The number of nitrogens with zero attached hydrogens (tertiary/aromatic N) is 1. The van der Waals surface area contributed by atoms with Crippen LogP contribution in [0.3, 0.4) is 0 Å². The van der Waals surface area contributed by atoms with Gasteiger partial charge in [0.25, 0.3) is 0 Å². The van der Waals surface area contributed by atoms with Crippen LogP contribution in [0, 0.1) is 0 Å². The van der Waals surface area contributed by atoms with Crippen molar-refractivity contribution in [3.8, 4) is 0 Å². The van der Waals surface area contributed by atoms with Gasteiger partial charge in [-0.1, -0.05) is 0 Å². The number of nitrogens with one attached hydrogen (secondary N) is 1. The smallest absolute Gasteiger partial charge is 0.305 e. The van der Waals surface area contributed by atoms with E-state index in [9.17, 15) is 14.4 Å². The van der Waals surface area contributed by atoms with Crippen molar-refractivity contribution in [3.05, 3.63) is 23.9 Å². The summed E-state index contributed by atoms with van der Waals surface area (Å²) in [6.45, 7) is 2.06. The molecule has 0 aliphatic carbocycles. The first kappa shape index (κ1) is 15.6. The molecule has 0 unspecified atom stereocenters. The van der Waals surface area contributed by atoms with Gasteiger partial charge in [0.05, 0.1) is 12.2 Å². The molecule has 1 aromatic heterocycles. The number of carbonyl (C=O) groups excluding carboxylic acids is 3. The molecule has 0 atom stereocenters. The van der Waals surface area contributed by atoms with Crippen LogP contribution in [0.1, 0.15) is 36.5 Å².